The van der Waals surface area contributed by atoms with Crippen LogP contribution in [0.5, 0.6) is 5.75 Å². The predicted molar refractivity (Wildman–Crippen MR) is 59.8 cm³/mol. The molecule has 1 amide bonds. The highest BCUT2D eigenvalue weighted by Gasteiger charge is 2.32. The number of amides is 1. The topological polar surface area (TPSA) is 47.6 Å². The Balaban J connectivity index is 2.33. The Labute approximate surface area is 107 Å². The van der Waals surface area contributed by atoms with Crippen molar-refractivity contribution in [2.75, 3.05) is 13.7 Å². The van der Waals surface area contributed by atoms with Crippen LogP contribution in [0.4, 0.5) is 18.0 Å². The molecule has 1 aromatic rings. The van der Waals surface area contributed by atoms with Crippen LogP contribution in [-0.2, 0) is 10.9 Å². The fourth-order valence-corrected chi connectivity index (χ4v) is 1.93. The molecule has 0 aliphatic carbocycles. The lowest BCUT2D eigenvalue weighted by atomic mass is 10.00. The van der Waals surface area contributed by atoms with Crippen LogP contribution in [0.1, 0.15) is 23.6 Å². The van der Waals surface area contributed by atoms with Crippen molar-refractivity contribution in [2.45, 2.75) is 18.6 Å². The number of hydrogen-bond donors (Lipinski definition) is 1. The van der Waals surface area contributed by atoms with Crippen molar-refractivity contribution in [3.63, 3.8) is 0 Å². The quantitative estimate of drug-likeness (QED) is 0.902. The fourth-order valence-electron chi connectivity index (χ4n) is 1.93. The first-order valence-electron chi connectivity index (χ1n) is 5.60. The zero-order chi connectivity index (χ0) is 14.0. The lowest BCUT2D eigenvalue weighted by Gasteiger charge is -2.25. The van der Waals surface area contributed by atoms with Gasteiger partial charge in [-0.25, -0.2) is 4.79 Å². The van der Waals surface area contributed by atoms with Crippen LogP contribution in [0.25, 0.3) is 0 Å². The van der Waals surface area contributed by atoms with Gasteiger partial charge in [0.1, 0.15) is 5.75 Å². The Kier molecular flexibility index (Phi) is 3.55. The molecule has 1 saturated heterocycles. The largest absolute Gasteiger partial charge is 0.496 e. The minimum atomic E-state index is -4.43. The first kappa shape index (κ1) is 13.5. The van der Waals surface area contributed by atoms with E-state index in [1.165, 1.54) is 13.2 Å². The van der Waals surface area contributed by atoms with Gasteiger partial charge >= 0.3 is 12.3 Å². The van der Waals surface area contributed by atoms with Crippen molar-refractivity contribution in [1.82, 2.24) is 5.32 Å². The summed E-state index contributed by atoms with van der Waals surface area (Å²) in [6.07, 6.45) is -4.53. The van der Waals surface area contributed by atoms with Crippen molar-refractivity contribution in [1.29, 1.82) is 0 Å². The maximum absolute atomic E-state index is 12.6. The molecule has 4 nitrogen and oxygen atoms in total. The zero-order valence-corrected chi connectivity index (χ0v) is 10.1. The lowest BCUT2D eigenvalue weighted by molar-refractivity contribution is -0.137. The van der Waals surface area contributed by atoms with Crippen LogP contribution in [0.2, 0.25) is 0 Å². The standard InChI is InChI=1S/C12H12F3NO3/c1-18-10-6-7(12(13,14)15)2-3-8(10)9-4-5-19-11(17)16-9/h2-3,6,9H,4-5H2,1H3,(H,16,17)/t9-/m0/s1. The van der Waals surface area contributed by atoms with E-state index in [2.05, 4.69) is 5.32 Å². The molecule has 19 heavy (non-hydrogen) atoms. The molecule has 1 atom stereocenters. The molecule has 0 bridgehead atoms. The second kappa shape index (κ2) is 4.99. The van der Waals surface area contributed by atoms with E-state index >= 15 is 0 Å². The first-order chi connectivity index (χ1) is 8.91. The number of hydrogen-bond acceptors (Lipinski definition) is 3. The highest BCUT2D eigenvalue weighted by molar-refractivity contribution is 5.69. The average Bonchev–Trinajstić information content (AvgIpc) is 2.37. The molecule has 1 aliphatic heterocycles. The molecular formula is C12H12F3NO3. The van der Waals surface area contributed by atoms with Crippen molar-refractivity contribution < 1.29 is 27.4 Å². The van der Waals surface area contributed by atoms with Gasteiger partial charge in [0, 0.05) is 12.0 Å². The molecule has 1 aromatic carbocycles. The number of nitrogens with one attached hydrogen (secondary N) is 1. The average molecular weight is 275 g/mol. The number of benzene rings is 1. The molecule has 1 heterocycles. The highest BCUT2D eigenvalue weighted by atomic mass is 19.4. The van der Waals surface area contributed by atoms with E-state index in [1.807, 2.05) is 0 Å². The molecule has 104 valence electrons. The Morgan fingerprint density at radius 2 is 2.16 bits per heavy atom. The summed E-state index contributed by atoms with van der Waals surface area (Å²) in [7, 11) is 1.29. The summed E-state index contributed by atoms with van der Waals surface area (Å²) in [6.45, 7) is 0.223. The maximum Gasteiger partial charge on any atom is 0.416 e. The Bertz CT molecular complexity index is 488. The van der Waals surface area contributed by atoms with Crippen molar-refractivity contribution in [3.05, 3.63) is 29.3 Å². The van der Waals surface area contributed by atoms with E-state index in [1.54, 1.807) is 0 Å². The summed E-state index contributed by atoms with van der Waals surface area (Å²) in [5, 5.41) is 2.54. The number of cyclic esters (lactones) is 1. The number of halogens is 3. The molecule has 0 saturated carbocycles. The minimum absolute atomic E-state index is 0.0991. The van der Waals surface area contributed by atoms with Crippen molar-refractivity contribution >= 4 is 6.09 Å². The number of ether oxygens (including phenoxy) is 2. The van der Waals surface area contributed by atoms with E-state index < -0.39 is 23.9 Å². The van der Waals surface area contributed by atoms with Crippen LogP contribution in [0.15, 0.2) is 18.2 Å². The van der Waals surface area contributed by atoms with Gasteiger partial charge in [-0.15, -0.1) is 0 Å². The molecular weight excluding hydrogens is 263 g/mol. The van der Waals surface area contributed by atoms with Crippen LogP contribution < -0.4 is 10.1 Å². The van der Waals surface area contributed by atoms with Gasteiger partial charge in [-0.1, -0.05) is 6.07 Å². The Morgan fingerprint density at radius 1 is 1.42 bits per heavy atom. The van der Waals surface area contributed by atoms with Gasteiger partial charge < -0.3 is 14.8 Å². The van der Waals surface area contributed by atoms with Gasteiger partial charge in [0.05, 0.1) is 25.3 Å². The SMILES string of the molecule is COc1cc(C(F)(F)F)ccc1[C@@H]1CCOC(=O)N1. The number of carbonyl (C=O) groups excluding carboxylic acids is 1. The molecule has 1 N–H and O–H groups in total. The smallest absolute Gasteiger partial charge is 0.416 e. The number of alkyl carbamates (subject to hydrolysis) is 1. The van der Waals surface area contributed by atoms with E-state index in [9.17, 15) is 18.0 Å². The maximum atomic E-state index is 12.6. The van der Waals surface area contributed by atoms with Gasteiger partial charge in [0.15, 0.2) is 0 Å². The van der Waals surface area contributed by atoms with Crippen LogP contribution in [0.3, 0.4) is 0 Å². The fraction of sp³-hybridized carbons (Fsp3) is 0.417. The minimum Gasteiger partial charge on any atom is -0.496 e. The second-order valence-electron chi connectivity index (χ2n) is 4.08. The monoisotopic (exact) mass is 275 g/mol. The summed E-state index contributed by atoms with van der Waals surface area (Å²) in [5.41, 5.74) is -0.279. The number of carbonyl (C=O) groups is 1. The third kappa shape index (κ3) is 2.91. The molecule has 1 fully saturated rings. The first-order valence-corrected chi connectivity index (χ1v) is 5.60. The molecule has 0 radical (unpaired) electrons. The Hall–Kier alpha value is -1.92. The Morgan fingerprint density at radius 3 is 2.74 bits per heavy atom. The zero-order valence-electron chi connectivity index (χ0n) is 10.1. The van der Waals surface area contributed by atoms with Gasteiger partial charge in [-0.2, -0.15) is 13.2 Å². The van der Waals surface area contributed by atoms with Crippen molar-refractivity contribution in [3.8, 4) is 5.75 Å². The van der Waals surface area contributed by atoms with E-state index in [0.717, 1.165) is 12.1 Å². The second-order valence-corrected chi connectivity index (χ2v) is 4.08. The van der Waals surface area contributed by atoms with E-state index in [4.69, 9.17) is 9.47 Å². The highest BCUT2D eigenvalue weighted by Crippen LogP contribution is 2.36. The normalized spacial score (nSPS) is 19.6. The summed E-state index contributed by atoms with van der Waals surface area (Å²) in [6, 6.07) is 2.81. The number of alkyl halides is 3. The van der Waals surface area contributed by atoms with Gasteiger partial charge in [0.25, 0.3) is 0 Å². The predicted octanol–water partition coefficient (Wildman–Crippen LogP) is 2.89. The summed E-state index contributed by atoms with van der Waals surface area (Å²) >= 11 is 0. The van der Waals surface area contributed by atoms with Gasteiger partial charge in [-0.3, -0.25) is 0 Å². The van der Waals surface area contributed by atoms with E-state index in [-0.39, 0.29) is 12.4 Å². The third-order valence-corrected chi connectivity index (χ3v) is 2.87. The number of rotatable bonds is 2. The van der Waals surface area contributed by atoms with Crippen LogP contribution in [0, 0.1) is 0 Å². The van der Waals surface area contributed by atoms with Crippen molar-refractivity contribution in [2.24, 2.45) is 0 Å². The molecule has 0 aromatic heterocycles. The summed E-state index contributed by atoms with van der Waals surface area (Å²) in [5.74, 6) is 0.0991. The van der Waals surface area contributed by atoms with Crippen LogP contribution >= 0.6 is 0 Å². The van der Waals surface area contributed by atoms with E-state index in [0.29, 0.717) is 12.0 Å². The molecule has 0 unspecified atom stereocenters. The van der Waals surface area contributed by atoms with Crippen LogP contribution in [-0.4, -0.2) is 19.8 Å². The third-order valence-electron chi connectivity index (χ3n) is 2.87. The lowest BCUT2D eigenvalue weighted by Crippen LogP contribution is -2.35. The molecule has 0 spiro atoms. The molecule has 1 aliphatic rings. The number of methoxy groups -OCH3 is 1. The molecule has 2 rings (SSSR count). The molecule has 7 heteroatoms. The summed E-state index contributed by atoms with van der Waals surface area (Å²) in [4.78, 5) is 11.1. The van der Waals surface area contributed by atoms with Gasteiger partial charge in [-0.05, 0) is 12.1 Å². The summed E-state index contributed by atoms with van der Waals surface area (Å²) < 4.78 is 47.5. The van der Waals surface area contributed by atoms with Gasteiger partial charge in [0.2, 0.25) is 0 Å².